The molecule has 0 aliphatic carbocycles. The van der Waals surface area contributed by atoms with Gasteiger partial charge in [-0.15, -0.1) is 0 Å². The molecule has 0 bridgehead atoms. The molecule has 3 aromatic carbocycles. The number of aromatic nitrogens is 1. The van der Waals surface area contributed by atoms with Gasteiger partial charge in [0, 0.05) is 5.56 Å². The Balaban J connectivity index is 1.69. The molecule has 1 aliphatic heterocycles. The zero-order chi connectivity index (χ0) is 22.9. The van der Waals surface area contributed by atoms with Crippen LogP contribution in [0.1, 0.15) is 24.1 Å². The fraction of sp³-hybridized carbons (Fsp3) is 0.115. The van der Waals surface area contributed by atoms with E-state index in [4.69, 9.17) is 4.74 Å². The number of carbonyl (C=O) groups excluding carboxylic acids is 2. The maximum Gasteiger partial charge on any atom is 0.301 e. The number of amides is 1. The zero-order valence-electron chi connectivity index (χ0n) is 17.8. The second-order valence-corrected chi connectivity index (χ2v) is 8.51. The highest BCUT2D eigenvalue weighted by atomic mass is 32.1. The molecule has 0 saturated carbocycles. The molecule has 1 aromatic heterocycles. The van der Waals surface area contributed by atoms with Gasteiger partial charge in [-0.1, -0.05) is 72.0 Å². The number of hydrogen-bond acceptors (Lipinski definition) is 6. The number of fused-ring (bicyclic) bond motifs is 1. The second-order valence-electron chi connectivity index (χ2n) is 7.50. The molecular formula is C26H20N2O4S. The summed E-state index contributed by atoms with van der Waals surface area (Å²) in [6.07, 6.45) is 0. The number of hydrogen-bond donors (Lipinski definition) is 1. The van der Waals surface area contributed by atoms with E-state index in [1.165, 1.54) is 16.2 Å². The lowest BCUT2D eigenvalue weighted by atomic mass is 9.95. The SMILES string of the molecule is CCOc1ccc2nc(N3C(=O)C(=O)/C(=C(/O)c4ccccc4)[C@H]3c3ccccc3)sc2c1. The largest absolute Gasteiger partial charge is 0.507 e. The van der Waals surface area contributed by atoms with E-state index in [9.17, 15) is 14.7 Å². The summed E-state index contributed by atoms with van der Waals surface area (Å²) in [6, 6.07) is 22.7. The molecule has 164 valence electrons. The highest BCUT2D eigenvalue weighted by Crippen LogP contribution is 2.44. The van der Waals surface area contributed by atoms with Crippen molar-refractivity contribution in [2.75, 3.05) is 11.5 Å². The Bertz CT molecular complexity index is 1380. The molecule has 0 unspecified atom stereocenters. The van der Waals surface area contributed by atoms with Crippen molar-refractivity contribution in [1.82, 2.24) is 4.98 Å². The summed E-state index contributed by atoms with van der Waals surface area (Å²) >= 11 is 1.31. The molecule has 0 radical (unpaired) electrons. The Labute approximate surface area is 194 Å². The maximum absolute atomic E-state index is 13.3. The first-order valence-corrected chi connectivity index (χ1v) is 11.3. The number of Topliss-reactive ketones (excluding diaryl/α,β-unsaturated/α-hetero) is 1. The van der Waals surface area contributed by atoms with Crippen LogP contribution in [0.5, 0.6) is 5.75 Å². The number of anilines is 1. The van der Waals surface area contributed by atoms with E-state index in [2.05, 4.69) is 4.98 Å². The molecule has 6 nitrogen and oxygen atoms in total. The number of carbonyl (C=O) groups is 2. The number of thiazole rings is 1. The van der Waals surface area contributed by atoms with Gasteiger partial charge in [-0.25, -0.2) is 4.98 Å². The predicted molar refractivity (Wildman–Crippen MR) is 128 cm³/mol. The first-order chi connectivity index (χ1) is 16.1. The van der Waals surface area contributed by atoms with Crippen LogP contribution in [0, 0.1) is 0 Å². The van der Waals surface area contributed by atoms with Crippen molar-refractivity contribution >= 4 is 44.1 Å². The molecule has 1 amide bonds. The summed E-state index contributed by atoms with van der Waals surface area (Å²) in [5.41, 5.74) is 1.94. The molecule has 2 heterocycles. The minimum atomic E-state index is -0.793. The van der Waals surface area contributed by atoms with E-state index in [0.29, 0.717) is 34.1 Å². The monoisotopic (exact) mass is 456 g/mol. The van der Waals surface area contributed by atoms with Crippen molar-refractivity contribution in [3.05, 3.63) is 95.6 Å². The Morgan fingerprint density at radius 2 is 1.73 bits per heavy atom. The topological polar surface area (TPSA) is 79.7 Å². The Morgan fingerprint density at radius 3 is 2.42 bits per heavy atom. The Hall–Kier alpha value is -3.97. The van der Waals surface area contributed by atoms with E-state index >= 15 is 0 Å². The Kier molecular flexibility index (Phi) is 5.40. The van der Waals surface area contributed by atoms with Gasteiger partial charge in [0.2, 0.25) is 0 Å². The predicted octanol–water partition coefficient (Wildman–Crippen LogP) is 5.32. The van der Waals surface area contributed by atoms with Crippen LogP contribution in [-0.4, -0.2) is 28.4 Å². The number of ketones is 1. The molecule has 33 heavy (non-hydrogen) atoms. The average Bonchev–Trinajstić information content (AvgIpc) is 3.38. The van der Waals surface area contributed by atoms with Crippen molar-refractivity contribution in [3.63, 3.8) is 0 Å². The van der Waals surface area contributed by atoms with Crippen LogP contribution in [0.3, 0.4) is 0 Å². The van der Waals surface area contributed by atoms with E-state index in [0.717, 1.165) is 4.70 Å². The number of aliphatic hydroxyl groups excluding tert-OH is 1. The van der Waals surface area contributed by atoms with Gasteiger partial charge in [0.15, 0.2) is 5.13 Å². The van der Waals surface area contributed by atoms with Gasteiger partial charge in [-0.2, -0.15) is 0 Å². The maximum atomic E-state index is 13.3. The highest BCUT2D eigenvalue weighted by molar-refractivity contribution is 7.22. The normalized spacial score (nSPS) is 17.6. The standard InChI is InChI=1S/C26H20N2O4S/c1-2-32-18-13-14-19-20(15-18)33-26(27-19)28-22(16-9-5-3-6-10-16)21(24(30)25(28)31)23(29)17-11-7-4-8-12-17/h3-15,22,29H,2H2,1H3/b23-21+/t22-/m1/s1. The number of aliphatic hydroxyl groups is 1. The minimum Gasteiger partial charge on any atom is -0.507 e. The fourth-order valence-electron chi connectivity index (χ4n) is 3.98. The highest BCUT2D eigenvalue weighted by Gasteiger charge is 2.48. The lowest BCUT2D eigenvalue weighted by Gasteiger charge is -2.22. The van der Waals surface area contributed by atoms with Crippen molar-refractivity contribution in [3.8, 4) is 5.75 Å². The molecule has 0 spiro atoms. The van der Waals surface area contributed by atoms with E-state index in [-0.39, 0.29) is 11.3 Å². The molecule has 7 heteroatoms. The average molecular weight is 457 g/mol. The summed E-state index contributed by atoms with van der Waals surface area (Å²) in [5, 5.41) is 11.5. The molecule has 1 N–H and O–H groups in total. The van der Waals surface area contributed by atoms with Gasteiger partial charge in [0.1, 0.15) is 11.5 Å². The number of nitrogens with zero attached hydrogens (tertiary/aromatic N) is 2. The lowest BCUT2D eigenvalue weighted by molar-refractivity contribution is -0.132. The summed E-state index contributed by atoms with van der Waals surface area (Å²) in [7, 11) is 0. The van der Waals surface area contributed by atoms with Crippen molar-refractivity contribution < 1.29 is 19.4 Å². The van der Waals surface area contributed by atoms with Crippen molar-refractivity contribution in [2.45, 2.75) is 13.0 Å². The van der Waals surface area contributed by atoms with Gasteiger partial charge in [-0.3, -0.25) is 14.5 Å². The second kappa shape index (κ2) is 8.52. The van der Waals surface area contributed by atoms with Crippen molar-refractivity contribution in [1.29, 1.82) is 0 Å². The van der Waals surface area contributed by atoms with Gasteiger partial charge < -0.3 is 9.84 Å². The first-order valence-electron chi connectivity index (χ1n) is 10.5. The van der Waals surface area contributed by atoms with E-state index in [1.807, 2.05) is 61.5 Å². The number of rotatable bonds is 5. The third-order valence-electron chi connectivity index (χ3n) is 5.47. The van der Waals surface area contributed by atoms with E-state index < -0.39 is 17.7 Å². The summed E-state index contributed by atoms with van der Waals surface area (Å²) in [6.45, 7) is 2.45. The van der Waals surface area contributed by atoms with Crippen LogP contribution in [-0.2, 0) is 9.59 Å². The fourth-order valence-corrected chi connectivity index (χ4v) is 5.01. The van der Waals surface area contributed by atoms with Gasteiger partial charge in [0.25, 0.3) is 5.78 Å². The molecule has 1 atom stereocenters. The van der Waals surface area contributed by atoms with Crippen molar-refractivity contribution in [2.24, 2.45) is 0 Å². The molecule has 4 aromatic rings. The van der Waals surface area contributed by atoms with Crippen LogP contribution in [0.2, 0.25) is 0 Å². The van der Waals surface area contributed by atoms with Crippen LogP contribution < -0.4 is 9.64 Å². The molecular weight excluding hydrogens is 436 g/mol. The minimum absolute atomic E-state index is 0.0478. The molecule has 1 saturated heterocycles. The Morgan fingerprint density at radius 1 is 1.03 bits per heavy atom. The van der Waals surface area contributed by atoms with Gasteiger partial charge in [0.05, 0.1) is 28.4 Å². The third-order valence-corrected chi connectivity index (χ3v) is 6.49. The molecule has 1 fully saturated rings. The summed E-state index contributed by atoms with van der Waals surface area (Å²) < 4.78 is 6.42. The van der Waals surface area contributed by atoms with E-state index in [1.54, 1.807) is 24.3 Å². The number of ether oxygens (including phenoxy) is 1. The van der Waals surface area contributed by atoms with Crippen LogP contribution in [0.4, 0.5) is 5.13 Å². The first kappa shape index (κ1) is 20.9. The zero-order valence-corrected chi connectivity index (χ0v) is 18.6. The van der Waals surface area contributed by atoms with Gasteiger partial charge >= 0.3 is 5.91 Å². The summed E-state index contributed by atoms with van der Waals surface area (Å²) in [5.74, 6) is -0.944. The van der Waals surface area contributed by atoms with Crippen LogP contribution >= 0.6 is 11.3 Å². The third kappa shape index (κ3) is 3.66. The summed E-state index contributed by atoms with van der Waals surface area (Å²) in [4.78, 5) is 32.5. The van der Waals surface area contributed by atoms with Gasteiger partial charge in [-0.05, 0) is 30.7 Å². The lowest BCUT2D eigenvalue weighted by Crippen LogP contribution is -2.29. The van der Waals surface area contributed by atoms with Crippen LogP contribution in [0.25, 0.3) is 16.0 Å². The quantitative estimate of drug-likeness (QED) is 0.250. The van der Waals surface area contributed by atoms with Crippen LogP contribution in [0.15, 0.2) is 84.4 Å². The molecule has 1 aliphatic rings. The number of benzene rings is 3. The molecule has 5 rings (SSSR count). The smallest absolute Gasteiger partial charge is 0.301 e.